The Morgan fingerprint density at radius 3 is 2.84 bits per heavy atom. The van der Waals surface area contributed by atoms with Crippen LogP contribution in [0, 0.1) is 5.92 Å². The number of rotatable bonds is 3. The van der Waals surface area contributed by atoms with Gasteiger partial charge in [-0.3, -0.25) is 9.69 Å². The molecule has 102 valence electrons. The number of fused-ring (bicyclic) bond motifs is 1. The molecule has 2 unspecified atom stereocenters. The second-order valence-electron chi connectivity index (χ2n) is 5.77. The van der Waals surface area contributed by atoms with Crippen LogP contribution in [0.5, 0.6) is 0 Å². The summed E-state index contributed by atoms with van der Waals surface area (Å²) in [7, 11) is 0. The fourth-order valence-electron chi connectivity index (χ4n) is 3.71. The van der Waals surface area contributed by atoms with Gasteiger partial charge in [0.25, 0.3) is 0 Å². The maximum Gasteiger partial charge on any atom is 0.177 e. The molecule has 3 rings (SSSR count). The maximum absolute atomic E-state index is 12.5. The lowest BCUT2D eigenvalue weighted by atomic mass is 9.91. The second kappa shape index (κ2) is 5.76. The number of ketones is 1. The van der Waals surface area contributed by atoms with Crippen LogP contribution in [-0.2, 0) is 0 Å². The molecule has 2 aliphatic rings. The monoisotopic (exact) mass is 321 g/mol. The Labute approximate surface area is 123 Å². The Bertz CT molecular complexity index is 474. The number of carbonyl (C=O) groups excluding carboxylic acids is 1. The molecule has 1 aliphatic carbocycles. The highest BCUT2D eigenvalue weighted by molar-refractivity contribution is 9.10. The van der Waals surface area contributed by atoms with E-state index in [1.807, 2.05) is 24.3 Å². The van der Waals surface area contributed by atoms with Crippen LogP contribution in [0.1, 0.15) is 42.5 Å². The van der Waals surface area contributed by atoms with Crippen molar-refractivity contribution < 1.29 is 4.79 Å². The van der Waals surface area contributed by atoms with Crippen LogP contribution in [0.4, 0.5) is 0 Å². The molecule has 1 aromatic carbocycles. The first-order valence-corrected chi connectivity index (χ1v) is 8.07. The number of benzene rings is 1. The van der Waals surface area contributed by atoms with Crippen LogP contribution in [-0.4, -0.2) is 29.8 Å². The lowest BCUT2D eigenvalue weighted by Gasteiger charge is -2.37. The summed E-state index contributed by atoms with van der Waals surface area (Å²) >= 11 is 3.48. The van der Waals surface area contributed by atoms with Crippen LogP contribution in [0.2, 0.25) is 0 Å². The Balaban J connectivity index is 1.71. The number of halogens is 1. The number of likely N-dealkylation sites (tertiary alicyclic amines) is 1. The first-order valence-electron chi connectivity index (χ1n) is 7.27. The molecule has 0 bridgehead atoms. The predicted molar refractivity (Wildman–Crippen MR) is 80.4 cm³/mol. The number of carbonyl (C=O) groups is 1. The minimum absolute atomic E-state index is 0.250. The van der Waals surface area contributed by atoms with Crippen molar-refractivity contribution in [2.45, 2.75) is 38.1 Å². The van der Waals surface area contributed by atoms with Gasteiger partial charge in [0.05, 0.1) is 6.54 Å². The zero-order chi connectivity index (χ0) is 13.2. The molecule has 2 nitrogen and oxygen atoms in total. The van der Waals surface area contributed by atoms with E-state index in [1.165, 1.54) is 32.1 Å². The number of hydrogen-bond donors (Lipinski definition) is 0. The first-order chi connectivity index (χ1) is 9.25. The molecule has 2 fully saturated rings. The molecule has 1 heterocycles. The van der Waals surface area contributed by atoms with Crippen LogP contribution in [0.25, 0.3) is 0 Å². The number of piperidine rings is 1. The molecule has 1 aromatic rings. The highest BCUT2D eigenvalue weighted by Gasteiger charge is 2.35. The summed E-state index contributed by atoms with van der Waals surface area (Å²) in [6.45, 7) is 1.68. The van der Waals surface area contributed by atoms with Crippen LogP contribution in [0.3, 0.4) is 0 Å². The fraction of sp³-hybridized carbons (Fsp3) is 0.562. The average molecular weight is 322 g/mol. The topological polar surface area (TPSA) is 20.3 Å². The third-order valence-electron chi connectivity index (χ3n) is 4.63. The number of Topliss-reactive ketones (excluding diaryl/α,β-unsaturated/α-hetero) is 1. The smallest absolute Gasteiger partial charge is 0.177 e. The van der Waals surface area contributed by atoms with Crippen molar-refractivity contribution >= 4 is 21.7 Å². The van der Waals surface area contributed by atoms with Gasteiger partial charge in [0.2, 0.25) is 0 Å². The number of hydrogen-bond acceptors (Lipinski definition) is 2. The lowest BCUT2D eigenvalue weighted by molar-refractivity contribution is 0.0776. The van der Waals surface area contributed by atoms with Crippen molar-refractivity contribution in [3.8, 4) is 0 Å². The zero-order valence-corrected chi connectivity index (χ0v) is 12.7. The first kappa shape index (κ1) is 13.3. The minimum Gasteiger partial charge on any atom is -0.293 e. The van der Waals surface area contributed by atoms with E-state index in [0.717, 1.165) is 22.5 Å². The van der Waals surface area contributed by atoms with E-state index >= 15 is 0 Å². The van der Waals surface area contributed by atoms with Crippen molar-refractivity contribution in [3.05, 3.63) is 34.3 Å². The normalized spacial score (nSPS) is 27.2. The molecule has 3 heteroatoms. The molecule has 1 aliphatic heterocycles. The Hall–Kier alpha value is -0.670. The van der Waals surface area contributed by atoms with Gasteiger partial charge in [0.1, 0.15) is 0 Å². The summed E-state index contributed by atoms with van der Waals surface area (Å²) < 4.78 is 0.917. The van der Waals surface area contributed by atoms with E-state index < -0.39 is 0 Å². The summed E-state index contributed by atoms with van der Waals surface area (Å²) in [4.78, 5) is 14.9. The largest absolute Gasteiger partial charge is 0.293 e. The highest BCUT2D eigenvalue weighted by Crippen LogP contribution is 2.36. The molecular formula is C16H20BrNO. The van der Waals surface area contributed by atoms with Gasteiger partial charge >= 0.3 is 0 Å². The quantitative estimate of drug-likeness (QED) is 0.787. The van der Waals surface area contributed by atoms with Gasteiger partial charge in [-0.1, -0.05) is 40.5 Å². The van der Waals surface area contributed by atoms with E-state index in [2.05, 4.69) is 20.8 Å². The molecule has 0 spiro atoms. The van der Waals surface area contributed by atoms with Gasteiger partial charge in [-0.15, -0.1) is 0 Å². The summed E-state index contributed by atoms with van der Waals surface area (Å²) in [6.07, 6.45) is 6.61. The van der Waals surface area contributed by atoms with Crippen molar-refractivity contribution in [2.75, 3.05) is 13.1 Å². The third kappa shape index (κ3) is 2.77. The fourth-order valence-corrected chi connectivity index (χ4v) is 4.22. The molecule has 2 atom stereocenters. The summed E-state index contributed by atoms with van der Waals surface area (Å²) in [5, 5.41) is 0. The van der Waals surface area contributed by atoms with Crippen molar-refractivity contribution in [3.63, 3.8) is 0 Å². The third-order valence-corrected chi connectivity index (χ3v) is 5.32. The van der Waals surface area contributed by atoms with Gasteiger partial charge in [0, 0.05) is 16.1 Å². The van der Waals surface area contributed by atoms with Crippen molar-refractivity contribution in [1.29, 1.82) is 0 Å². The summed E-state index contributed by atoms with van der Waals surface area (Å²) in [6, 6.07) is 8.42. The maximum atomic E-state index is 12.5. The Morgan fingerprint density at radius 1 is 1.21 bits per heavy atom. The standard InChI is InChI=1S/C16H20BrNO/c17-14-8-2-1-7-13(14)16(19)11-18-10-4-6-12-5-3-9-15(12)18/h1-2,7-8,12,15H,3-6,9-11H2. The van der Waals surface area contributed by atoms with E-state index in [4.69, 9.17) is 0 Å². The van der Waals surface area contributed by atoms with Crippen molar-refractivity contribution in [1.82, 2.24) is 4.90 Å². The van der Waals surface area contributed by atoms with E-state index in [1.54, 1.807) is 0 Å². The summed E-state index contributed by atoms with van der Waals surface area (Å²) in [5.41, 5.74) is 0.822. The average Bonchev–Trinajstić information content (AvgIpc) is 2.88. The molecule has 0 aromatic heterocycles. The van der Waals surface area contributed by atoms with Crippen LogP contribution >= 0.6 is 15.9 Å². The predicted octanol–water partition coefficient (Wildman–Crippen LogP) is 3.90. The molecule has 19 heavy (non-hydrogen) atoms. The van der Waals surface area contributed by atoms with Gasteiger partial charge in [0.15, 0.2) is 5.78 Å². The van der Waals surface area contributed by atoms with Gasteiger partial charge in [-0.25, -0.2) is 0 Å². The van der Waals surface area contributed by atoms with E-state index in [0.29, 0.717) is 12.6 Å². The Morgan fingerprint density at radius 2 is 2.00 bits per heavy atom. The second-order valence-corrected chi connectivity index (χ2v) is 6.63. The molecular weight excluding hydrogens is 302 g/mol. The minimum atomic E-state index is 0.250. The molecule has 1 saturated carbocycles. The lowest BCUT2D eigenvalue weighted by Crippen LogP contribution is -2.45. The van der Waals surface area contributed by atoms with Gasteiger partial charge in [-0.05, 0) is 44.2 Å². The molecule has 1 saturated heterocycles. The van der Waals surface area contributed by atoms with E-state index in [-0.39, 0.29) is 5.78 Å². The van der Waals surface area contributed by atoms with Crippen LogP contribution < -0.4 is 0 Å². The number of nitrogens with zero attached hydrogens (tertiary/aromatic N) is 1. The SMILES string of the molecule is O=C(CN1CCCC2CCCC21)c1ccccc1Br. The molecule has 0 amide bonds. The highest BCUT2D eigenvalue weighted by atomic mass is 79.9. The molecule has 0 N–H and O–H groups in total. The molecule has 0 radical (unpaired) electrons. The van der Waals surface area contributed by atoms with Gasteiger partial charge in [-0.2, -0.15) is 0 Å². The van der Waals surface area contributed by atoms with Crippen molar-refractivity contribution in [2.24, 2.45) is 5.92 Å². The van der Waals surface area contributed by atoms with Gasteiger partial charge < -0.3 is 0 Å². The zero-order valence-electron chi connectivity index (χ0n) is 11.1. The Kier molecular flexibility index (Phi) is 4.04. The summed E-state index contributed by atoms with van der Waals surface area (Å²) in [5.74, 6) is 1.10. The van der Waals surface area contributed by atoms with E-state index in [9.17, 15) is 4.79 Å². The van der Waals surface area contributed by atoms with Crippen LogP contribution in [0.15, 0.2) is 28.7 Å².